The average Bonchev–Trinajstić information content (AvgIpc) is 3.02. The summed E-state index contributed by atoms with van der Waals surface area (Å²) in [5.41, 5.74) is 8.47. The molecular formula is C15H22N6. The molecule has 1 aliphatic carbocycles. The van der Waals surface area contributed by atoms with Crippen molar-refractivity contribution in [3.63, 3.8) is 0 Å². The van der Waals surface area contributed by atoms with Gasteiger partial charge in [0.05, 0.1) is 11.8 Å². The van der Waals surface area contributed by atoms with E-state index in [0.29, 0.717) is 5.82 Å². The molecule has 0 aromatic carbocycles. The van der Waals surface area contributed by atoms with Crippen LogP contribution in [0.25, 0.3) is 11.4 Å². The minimum absolute atomic E-state index is 0.625. The first-order chi connectivity index (χ1) is 10.2. The van der Waals surface area contributed by atoms with Gasteiger partial charge in [0, 0.05) is 13.6 Å². The Bertz CT molecular complexity index is 664. The zero-order chi connectivity index (χ0) is 14.8. The topological polar surface area (TPSA) is 74.6 Å². The van der Waals surface area contributed by atoms with Crippen LogP contribution in [0, 0.1) is 6.92 Å². The first-order valence-corrected chi connectivity index (χ1v) is 7.52. The summed E-state index contributed by atoms with van der Waals surface area (Å²) in [6.45, 7) is 2.88. The fourth-order valence-corrected chi connectivity index (χ4v) is 2.85. The van der Waals surface area contributed by atoms with Crippen LogP contribution in [0.1, 0.15) is 37.9 Å². The fraction of sp³-hybridized carbons (Fsp3) is 0.533. The molecular weight excluding hydrogens is 264 g/mol. The van der Waals surface area contributed by atoms with Crippen LogP contribution in [0.5, 0.6) is 0 Å². The van der Waals surface area contributed by atoms with E-state index < -0.39 is 0 Å². The maximum atomic E-state index is 6.06. The van der Waals surface area contributed by atoms with Crippen molar-refractivity contribution in [2.75, 3.05) is 5.73 Å². The smallest absolute Gasteiger partial charge is 0.169 e. The SMILES string of the molecule is Cc1nnc(-c2cnn(C)c2N)n1CCC1=CCCCC1. The third-order valence-corrected chi connectivity index (χ3v) is 4.20. The van der Waals surface area contributed by atoms with Gasteiger partial charge in [-0.1, -0.05) is 11.6 Å². The maximum absolute atomic E-state index is 6.06. The lowest BCUT2D eigenvalue weighted by atomic mass is 9.97. The standard InChI is InChI=1S/C15H22N6/c1-11-18-19-15(13-10-17-20(2)14(13)16)21(11)9-8-12-6-4-3-5-7-12/h6,10H,3-5,7-9,16H2,1-2H3. The van der Waals surface area contributed by atoms with Crippen molar-refractivity contribution in [3.05, 3.63) is 23.7 Å². The molecule has 112 valence electrons. The molecule has 3 rings (SSSR count). The van der Waals surface area contributed by atoms with Crippen molar-refractivity contribution in [3.8, 4) is 11.4 Å². The third kappa shape index (κ3) is 2.70. The van der Waals surface area contributed by atoms with Crippen molar-refractivity contribution >= 4 is 5.82 Å². The Hall–Kier alpha value is -2.11. The quantitative estimate of drug-likeness (QED) is 0.876. The molecule has 0 aliphatic heterocycles. The monoisotopic (exact) mass is 286 g/mol. The van der Waals surface area contributed by atoms with E-state index >= 15 is 0 Å². The Labute approximate surface area is 124 Å². The highest BCUT2D eigenvalue weighted by Crippen LogP contribution is 2.26. The Balaban J connectivity index is 1.83. The Morgan fingerprint density at radius 3 is 2.81 bits per heavy atom. The van der Waals surface area contributed by atoms with E-state index in [9.17, 15) is 0 Å². The number of nitrogen functional groups attached to an aromatic ring is 1. The molecule has 0 saturated heterocycles. The largest absolute Gasteiger partial charge is 0.383 e. The second-order valence-corrected chi connectivity index (χ2v) is 5.65. The van der Waals surface area contributed by atoms with E-state index in [-0.39, 0.29) is 0 Å². The van der Waals surface area contributed by atoms with E-state index in [0.717, 1.165) is 30.2 Å². The van der Waals surface area contributed by atoms with E-state index in [1.807, 2.05) is 14.0 Å². The second kappa shape index (κ2) is 5.71. The van der Waals surface area contributed by atoms with Gasteiger partial charge in [0.25, 0.3) is 0 Å². The zero-order valence-corrected chi connectivity index (χ0v) is 12.7. The van der Waals surface area contributed by atoms with Crippen LogP contribution in [-0.2, 0) is 13.6 Å². The molecule has 0 radical (unpaired) electrons. The van der Waals surface area contributed by atoms with Gasteiger partial charge in [0.2, 0.25) is 0 Å². The molecule has 0 atom stereocenters. The van der Waals surface area contributed by atoms with Gasteiger partial charge < -0.3 is 10.3 Å². The molecule has 6 nitrogen and oxygen atoms in total. The minimum Gasteiger partial charge on any atom is -0.383 e. The predicted molar refractivity (Wildman–Crippen MR) is 82.5 cm³/mol. The highest BCUT2D eigenvalue weighted by molar-refractivity contribution is 5.68. The van der Waals surface area contributed by atoms with Crippen LogP contribution in [0.2, 0.25) is 0 Å². The number of aromatic nitrogens is 5. The summed E-state index contributed by atoms with van der Waals surface area (Å²) < 4.78 is 3.80. The Morgan fingerprint density at radius 1 is 1.29 bits per heavy atom. The van der Waals surface area contributed by atoms with Crippen molar-refractivity contribution in [2.45, 2.75) is 45.6 Å². The first kappa shape index (κ1) is 13.9. The molecule has 2 heterocycles. The first-order valence-electron chi connectivity index (χ1n) is 7.52. The highest BCUT2D eigenvalue weighted by atomic mass is 15.3. The lowest BCUT2D eigenvalue weighted by molar-refractivity contribution is 0.619. The summed E-state index contributed by atoms with van der Waals surface area (Å²) in [6, 6.07) is 0. The van der Waals surface area contributed by atoms with Gasteiger partial charge in [-0.25, -0.2) is 0 Å². The number of nitrogens with two attached hydrogens (primary N) is 1. The molecule has 2 N–H and O–H groups in total. The highest BCUT2D eigenvalue weighted by Gasteiger charge is 2.16. The second-order valence-electron chi connectivity index (χ2n) is 5.65. The number of aryl methyl sites for hydroxylation is 2. The number of anilines is 1. The summed E-state index contributed by atoms with van der Waals surface area (Å²) in [7, 11) is 1.83. The number of hydrogen-bond donors (Lipinski definition) is 1. The van der Waals surface area contributed by atoms with Crippen molar-refractivity contribution in [1.82, 2.24) is 24.5 Å². The van der Waals surface area contributed by atoms with Gasteiger partial charge in [-0.05, 0) is 39.0 Å². The van der Waals surface area contributed by atoms with Gasteiger partial charge in [-0.2, -0.15) is 5.10 Å². The van der Waals surface area contributed by atoms with Crippen LogP contribution in [0.3, 0.4) is 0 Å². The van der Waals surface area contributed by atoms with Crippen LogP contribution < -0.4 is 5.73 Å². The fourth-order valence-electron chi connectivity index (χ4n) is 2.85. The van der Waals surface area contributed by atoms with Gasteiger partial charge >= 0.3 is 0 Å². The van der Waals surface area contributed by atoms with E-state index in [2.05, 4.69) is 25.9 Å². The van der Waals surface area contributed by atoms with Gasteiger partial charge in [-0.3, -0.25) is 4.68 Å². The lowest BCUT2D eigenvalue weighted by Crippen LogP contribution is -2.06. The summed E-state index contributed by atoms with van der Waals surface area (Å²) in [5, 5.41) is 12.7. The number of allylic oxidation sites excluding steroid dienone is 2. The molecule has 0 unspecified atom stereocenters. The van der Waals surface area contributed by atoms with E-state index in [4.69, 9.17) is 5.73 Å². The predicted octanol–water partition coefficient (Wildman–Crippen LogP) is 2.46. The number of nitrogens with zero attached hydrogens (tertiary/aromatic N) is 5. The van der Waals surface area contributed by atoms with Gasteiger partial charge in [0.1, 0.15) is 11.6 Å². The molecule has 6 heteroatoms. The summed E-state index contributed by atoms with van der Waals surface area (Å²) in [4.78, 5) is 0. The average molecular weight is 286 g/mol. The summed E-state index contributed by atoms with van der Waals surface area (Å²) in [5.74, 6) is 2.36. The summed E-state index contributed by atoms with van der Waals surface area (Å²) >= 11 is 0. The normalized spacial score (nSPS) is 15.2. The zero-order valence-electron chi connectivity index (χ0n) is 12.7. The van der Waals surface area contributed by atoms with Crippen LogP contribution in [0.4, 0.5) is 5.82 Å². The number of hydrogen-bond acceptors (Lipinski definition) is 4. The van der Waals surface area contributed by atoms with Crippen LogP contribution in [0.15, 0.2) is 17.8 Å². The molecule has 0 spiro atoms. The molecule has 0 amide bonds. The lowest BCUT2D eigenvalue weighted by Gasteiger charge is -2.14. The molecule has 2 aromatic rings. The van der Waals surface area contributed by atoms with E-state index in [1.54, 1.807) is 16.5 Å². The van der Waals surface area contributed by atoms with Gasteiger partial charge in [0.15, 0.2) is 5.82 Å². The molecule has 21 heavy (non-hydrogen) atoms. The van der Waals surface area contributed by atoms with Gasteiger partial charge in [-0.15, -0.1) is 10.2 Å². The number of rotatable bonds is 4. The maximum Gasteiger partial charge on any atom is 0.169 e. The van der Waals surface area contributed by atoms with Crippen LogP contribution >= 0.6 is 0 Å². The van der Waals surface area contributed by atoms with Crippen molar-refractivity contribution in [2.24, 2.45) is 7.05 Å². The summed E-state index contributed by atoms with van der Waals surface area (Å²) in [6.07, 6.45) is 10.3. The molecule has 0 fully saturated rings. The Kier molecular flexibility index (Phi) is 3.77. The van der Waals surface area contributed by atoms with Crippen LogP contribution in [-0.4, -0.2) is 24.5 Å². The third-order valence-electron chi connectivity index (χ3n) is 4.20. The minimum atomic E-state index is 0.625. The van der Waals surface area contributed by atoms with E-state index in [1.165, 1.54) is 25.7 Å². The molecule has 0 bridgehead atoms. The van der Waals surface area contributed by atoms with Crippen molar-refractivity contribution < 1.29 is 0 Å². The van der Waals surface area contributed by atoms with Crippen molar-refractivity contribution in [1.29, 1.82) is 0 Å². The Morgan fingerprint density at radius 2 is 2.14 bits per heavy atom. The molecule has 2 aromatic heterocycles. The molecule has 1 aliphatic rings. The molecule has 0 saturated carbocycles.